The van der Waals surface area contributed by atoms with Crippen LogP contribution in [0.4, 0.5) is 5.69 Å². The van der Waals surface area contributed by atoms with Crippen LogP contribution in [-0.2, 0) is 11.2 Å². The lowest BCUT2D eigenvalue weighted by Crippen LogP contribution is -2.23. The Morgan fingerprint density at radius 1 is 1.47 bits per heavy atom. The molecule has 0 aliphatic carbocycles. The topological polar surface area (TPSA) is 21.3 Å². The van der Waals surface area contributed by atoms with Crippen molar-refractivity contribution in [2.24, 2.45) is 0 Å². The van der Waals surface area contributed by atoms with Crippen LogP contribution in [0.1, 0.15) is 25.3 Å². The molecule has 0 saturated heterocycles. The predicted octanol–water partition coefficient (Wildman–Crippen LogP) is 4.12. The van der Waals surface area contributed by atoms with Crippen LogP contribution in [0.5, 0.6) is 0 Å². The number of hydrogen-bond donors (Lipinski definition) is 1. The molecule has 2 nitrogen and oxygen atoms in total. The molecule has 0 bridgehead atoms. The zero-order valence-electron chi connectivity index (χ0n) is 10.1. The van der Waals surface area contributed by atoms with Gasteiger partial charge in [-0.25, -0.2) is 0 Å². The maximum absolute atomic E-state index is 5.54. The smallest absolute Gasteiger partial charge is 0.115 e. The Morgan fingerprint density at radius 2 is 2.35 bits per heavy atom. The first-order valence-corrected chi connectivity index (χ1v) is 6.91. The van der Waals surface area contributed by atoms with Gasteiger partial charge in [0.2, 0.25) is 0 Å². The number of hydrogen-bond acceptors (Lipinski definition) is 2. The van der Waals surface area contributed by atoms with Gasteiger partial charge in [0.25, 0.3) is 0 Å². The van der Waals surface area contributed by atoms with Crippen molar-refractivity contribution in [2.45, 2.75) is 32.3 Å². The van der Waals surface area contributed by atoms with E-state index in [-0.39, 0.29) is 0 Å². The summed E-state index contributed by atoms with van der Waals surface area (Å²) in [5.74, 6) is 0. The molecule has 1 aromatic carbocycles. The summed E-state index contributed by atoms with van der Waals surface area (Å²) >= 11 is 3.50. The molecule has 0 fully saturated rings. The van der Waals surface area contributed by atoms with Gasteiger partial charge < -0.3 is 10.1 Å². The van der Waals surface area contributed by atoms with Crippen LogP contribution in [0.25, 0.3) is 0 Å². The van der Waals surface area contributed by atoms with E-state index in [9.17, 15) is 0 Å². The van der Waals surface area contributed by atoms with Gasteiger partial charge in [0.15, 0.2) is 0 Å². The molecule has 1 atom stereocenters. The molecule has 0 radical (unpaired) electrons. The molecule has 92 valence electrons. The second-order valence-electron chi connectivity index (χ2n) is 4.24. The van der Waals surface area contributed by atoms with Crippen molar-refractivity contribution in [1.82, 2.24) is 0 Å². The normalized spacial score (nSPS) is 18.8. The van der Waals surface area contributed by atoms with Crippen LogP contribution in [0.15, 0.2) is 35.0 Å². The molecule has 1 N–H and O–H groups in total. The summed E-state index contributed by atoms with van der Waals surface area (Å²) in [5, 5.41) is 3.48. The molecule has 0 spiro atoms. The van der Waals surface area contributed by atoms with Crippen LogP contribution in [0.2, 0.25) is 0 Å². The van der Waals surface area contributed by atoms with Crippen molar-refractivity contribution < 1.29 is 4.74 Å². The van der Waals surface area contributed by atoms with Crippen molar-refractivity contribution in [1.29, 1.82) is 0 Å². The van der Waals surface area contributed by atoms with E-state index in [2.05, 4.69) is 52.4 Å². The molecule has 1 aliphatic heterocycles. The predicted molar refractivity (Wildman–Crippen MR) is 75.3 cm³/mol. The van der Waals surface area contributed by atoms with Crippen LogP contribution < -0.4 is 5.32 Å². The number of allylic oxidation sites excluding steroid dienone is 1. The van der Waals surface area contributed by atoms with Crippen LogP contribution in [-0.4, -0.2) is 12.6 Å². The van der Waals surface area contributed by atoms with E-state index in [1.54, 1.807) is 0 Å². The third-order valence-electron chi connectivity index (χ3n) is 2.99. The fourth-order valence-electron chi connectivity index (χ4n) is 1.99. The number of aryl methyl sites for hydroxylation is 1. The fourth-order valence-corrected chi connectivity index (χ4v) is 2.39. The number of benzene rings is 1. The first kappa shape index (κ1) is 12.5. The van der Waals surface area contributed by atoms with Gasteiger partial charge in [-0.05, 0) is 49.1 Å². The zero-order valence-corrected chi connectivity index (χ0v) is 11.7. The Bertz CT molecular complexity index is 403. The second kappa shape index (κ2) is 6.10. The standard InChI is InChI=1S/C14H18BrNO/c1-2-11-9-12(15)6-7-14(11)16-10-13-5-3-4-8-17-13/h4,6-9,13,16H,2-3,5,10H2,1H3. The van der Waals surface area contributed by atoms with Crippen molar-refractivity contribution in [3.05, 3.63) is 40.6 Å². The van der Waals surface area contributed by atoms with Gasteiger partial charge >= 0.3 is 0 Å². The summed E-state index contributed by atoms with van der Waals surface area (Å²) in [5.41, 5.74) is 2.56. The average Bonchev–Trinajstić information content (AvgIpc) is 2.38. The first-order chi connectivity index (χ1) is 8.29. The number of nitrogens with one attached hydrogen (secondary N) is 1. The Kier molecular flexibility index (Phi) is 4.49. The molecular weight excluding hydrogens is 278 g/mol. The van der Waals surface area contributed by atoms with Crippen LogP contribution in [0.3, 0.4) is 0 Å². The number of rotatable bonds is 4. The van der Waals surface area contributed by atoms with E-state index in [4.69, 9.17) is 4.74 Å². The molecule has 0 amide bonds. The highest BCUT2D eigenvalue weighted by atomic mass is 79.9. The lowest BCUT2D eigenvalue weighted by Gasteiger charge is -2.21. The third kappa shape index (κ3) is 3.50. The SMILES string of the molecule is CCc1cc(Br)ccc1NCC1CCC=CO1. The minimum atomic E-state index is 0.299. The number of ether oxygens (including phenoxy) is 1. The number of anilines is 1. The molecule has 0 saturated carbocycles. The monoisotopic (exact) mass is 295 g/mol. The maximum atomic E-state index is 5.54. The fraction of sp³-hybridized carbons (Fsp3) is 0.429. The summed E-state index contributed by atoms with van der Waals surface area (Å²) in [4.78, 5) is 0. The summed E-state index contributed by atoms with van der Waals surface area (Å²) in [6.07, 6.45) is 7.45. The molecule has 17 heavy (non-hydrogen) atoms. The van der Waals surface area contributed by atoms with Gasteiger partial charge in [0.05, 0.1) is 12.8 Å². The van der Waals surface area contributed by atoms with E-state index >= 15 is 0 Å². The second-order valence-corrected chi connectivity index (χ2v) is 5.16. The van der Waals surface area contributed by atoms with Crippen molar-refractivity contribution in [3.8, 4) is 0 Å². The summed E-state index contributed by atoms with van der Waals surface area (Å²) < 4.78 is 6.68. The molecule has 1 unspecified atom stereocenters. The Balaban J connectivity index is 1.96. The summed E-state index contributed by atoms with van der Waals surface area (Å²) in [7, 11) is 0. The lowest BCUT2D eigenvalue weighted by molar-refractivity contribution is 0.135. The highest BCUT2D eigenvalue weighted by molar-refractivity contribution is 9.10. The van der Waals surface area contributed by atoms with Gasteiger partial charge in [0.1, 0.15) is 6.10 Å². The molecule has 1 heterocycles. The van der Waals surface area contributed by atoms with E-state index in [1.165, 1.54) is 11.3 Å². The average molecular weight is 296 g/mol. The third-order valence-corrected chi connectivity index (χ3v) is 3.48. The minimum Gasteiger partial charge on any atom is -0.497 e. The van der Waals surface area contributed by atoms with E-state index in [1.807, 2.05) is 6.26 Å². The number of halogens is 1. The largest absolute Gasteiger partial charge is 0.497 e. The minimum absolute atomic E-state index is 0.299. The quantitative estimate of drug-likeness (QED) is 0.902. The van der Waals surface area contributed by atoms with Gasteiger partial charge in [0, 0.05) is 10.2 Å². The molecular formula is C14H18BrNO. The molecule has 2 rings (SSSR count). The van der Waals surface area contributed by atoms with E-state index in [0.29, 0.717) is 6.10 Å². The van der Waals surface area contributed by atoms with E-state index in [0.717, 1.165) is 30.3 Å². The van der Waals surface area contributed by atoms with Crippen molar-refractivity contribution >= 4 is 21.6 Å². The Labute approximate surface area is 111 Å². The molecule has 0 aromatic heterocycles. The van der Waals surface area contributed by atoms with Gasteiger partial charge in [-0.2, -0.15) is 0 Å². The van der Waals surface area contributed by atoms with Crippen molar-refractivity contribution in [3.63, 3.8) is 0 Å². The lowest BCUT2D eigenvalue weighted by atomic mass is 10.1. The van der Waals surface area contributed by atoms with Gasteiger partial charge in [-0.15, -0.1) is 0 Å². The Morgan fingerprint density at radius 3 is 3.06 bits per heavy atom. The molecule has 1 aromatic rings. The molecule has 3 heteroatoms. The van der Waals surface area contributed by atoms with Crippen LogP contribution in [0, 0.1) is 0 Å². The highest BCUT2D eigenvalue weighted by Crippen LogP contribution is 2.22. The first-order valence-electron chi connectivity index (χ1n) is 6.12. The van der Waals surface area contributed by atoms with Gasteiger partial charge in [-0.3, -0.25) is 0 Å². The maximum Gasteiger partial charge on any atom is 0.115 e. The highest BCUT2D eigenvalue weighted by Gasteiger charge is 2.11. The van der Waals surface area contributed by atoms with Crippen molar-refractivity contribution in [2.75, 3.05) is 11.9 Å². The summed E-state index contributed by atoms with van der Waals surface area (Å²) in [6, 6.07) is 6.37. The van der Waals surface area contributed by atoms with E-state index < -0.39 is 0 Å². The van der Waals surface area contributed by atoms with Crippen LogP contribution >= 0.6 is 15.9 Å². The Hall–Kier alpha value is -0.960. The molecule has 1 aliphatic rings. The zero-order chi connectivity index (χ0) is 12.1. The summed E-state index contributed by atoms with van der Waals surface area (Å²) in [6.45, 7) is 3.05. The van der Waals surface area contributed by atoms with Gasteiger partial charge in [-0.1, -0.05) is 22.9 Å².